The van der Waals surface area contributed by atoms with Crippen molar-refractivity contribution in [1.29, 1.82) is 0 Å². The van der Waals surface area contributed by atoms with Gasteiger partial charge in [0.15, 0.2) is 11.5 Å². The van der Waals surface area contributed by atoms with Crippen LogP contribution in [0.5, 0.6) is 11.5 Å². The average molecular weight is 420 g/mol. The van der Waals surface area contributed by atoms with Crippen molar-refractivity contribution in [2.75, 3.05) is 13.7 Å². The summed E-state index contributed by atoms with van der Waals surface area (Å²) in [7, 11) is 1.61. The molecule has 0 bridgehead atoms. The van der Waals surface area contributed by atoms with Gasteiger partial charge in [-0.25, -0.2) is 4.98 Å². The molecule has 1 N–H and O–H groups in total. The average Bonchev–Trinajstić information content (AvgIpc) is 3.22. The quantitative estimate of drug-likeness (QED) is 0.654. The van der Waals surface area contributed by atoms with Crippen molar-refractivity contribution in [1.82, 2.24) is 14.9 Å². The Morgan fingerprint density at radius 2 is 2.07 bits per heavy atom. The Morgan fingerprint density at radius 1 is 1.28 bits per heavy atom. The lowest BCUT2D eigenvalue weighted by molar-refractivity contribution is -0.117. The Bertz CT molecular complexity index is 785. The second kappa shape index (κ2) is 11.5. The van der Waals surface area contributed by atoms with Gasteiger partial charge in [0.05, 0.1) is 20.0 Å². The van der Waals surface area contributed by atoms with Crippen LogP contribution in [-0.2, 0) is 11.3 Å². The highest BCUT2D eigenvalue weighted by Gasteiger charge is 2.18. The number of hydrogen-bond acceptors (Lipinski definition) is 4. The first-order chi connectivity index (χ1) is 13.6. The van der Waals surface area contributed by atoms with Crippen LogP contribution < -0.4 is 14.8 Å². The molecule has 0 radical (unpaired) electrons. The van der Waals surface area contributed by atoms with Crippen molar-refractivity contribution in [3.05, 3.63) is 48.6 Å². The number of carbonyl (C=O) groups excluding carboxylic acids is 1. The number of benzene rings is 1. The van der Waals surface area contributed by atoms with Crippen LogP contribution in [0.1, 0.15) is 38.2 Å². The number of carbonyl (C=O) groups is 1. The molecule has 1 saturated carbocycles. The van der Waals surface area contributed by atoms with E-state index in [1.165, 1.54) is 12.8 Å². The highest BCUT2D eigenvalue weighted by molar-refractivity contribution is 5.92. The minimum absolute atomic E-state index is 0. The van der Waals surface area contributed by atoms with Crippen LogP contribution in [-0.4, -0.2) is 35.2 Å². The van der Waals surface area contributed by atoms with Gasteiger partial charge in [-0.3, -0.25) is 4.79 Å². The Morgan fingerprint density at radius 3 is 2.76 bits per heavy atom. The molecule has 7 heteroatoms. The third kappa shape index (κ3) is 7.13. The zero-order valence-corrected chi connectivity index (χ0v) is 17.9. The summed E-state index contributed by atoms with van der Waals surface area (Å²) in [5.41, 5.74) is 0.895. The van der Waals surface area contributed by atoms with Gasteiger partial charge < -0.3 is 19.4 Å². The van der Waals surface area contributed by atoms with Crippen molar-refractivity contribution in [2.24, 2.45) is 5.92 Å². The molecule has 1 aromatic carbocycles. The number of nitrogens with zero attached hydrogens (tertiary/aromatic N) is 2. The summed E-state index contributed by atoms with van der Waals surface area (Å²) in [6, 6.07) is 5.96. The fraction of sp³-hybridized carbons (Fsp3) is 0.455. The lowest BCUT2D eigenvalue weighted by Gasteiger charge is -2.26. The molecular weight excluding hydrogens is 390 g/mol. The number of nitrogens with one attached hydrogen (secondary N) is 1. The fourth-order valence-electron chi connectivity index (χ4n) is 3.41. The van der Waals surface area contributed by atoms with Crippen LogP contribution in [0.15, 0.2) is 43.0 Å². The van der Waals surface area contributed by atoms with Gasteiger partial charge >= 0.3 is 0 Å². The van der Waals surface area contributed by atoms with Gasteiger partial charge in [0.25, 0.3) is 0 Å². The van der Waals surface area contributed by atoms with E-state index in [0.29, 0.717) is 30.7 Å². The first kappa shape index (κ1) is 22.8. The molecule has 1 amide bonds. The zero-order chi connectivity index (χ0) is 19.8. The summed E-state index contributed by atoms with van der Waals surface area (Å²) in [6.07, 6.45) is 13.3. The highest BCUT2D eigenvalue weighted by atomic mass is 35.5. The highest BCUT2D eigenvalue weighted by Crippen LogP contribution is 2.28. The molecule has 29 heavy (non-hydrogen) atoms. The van der Waals surface area contributed by atoms with E-state index in [9.17, 15) is 4.79 Å². The van der Waals surface area contributed by atoms with Gasteiger partial charge in [-0.15, -0.1) is 12.4 Å². The maximum absolute atomic E-state index is 12.2. The first-order valence-electron chi connectivity index (χ1n) is 9.89. The second-order valence-electron chi connectivity index (χ2n) is 7.36. The van der Waals surface area contributed by atoms with Crippen LogP contribution in [0.4, 0.5) is 0 Å². The molecular formula is C22H30ClN3O3. The molecule has 0 saturated heterocycles. The molecule has 1 aliphatic rings. The Balaban J connectivity index is 0.00000300. The largest absolute Gasteiger partial charge is 0.493 e. The standard InChI is InChI=1S/C22H29N3O3.ClH/c1-17-3-7-19(8-4-17)24-22(26)10-6-18-5-9-20(21(15-18)27-2)28-14-13-25-12-11-23-16-25;/h5-6,9-12,15-17,19H,3-4,7-8,13-14H2,1-2H3,(H,24,26);1H. The molecule has 0 unspecified atom stereocenters. The van der Waals surface area contributed by atoms with Gasteiger partial charge in [-0.1, -0.05) is 13.0 Å². The Hall–Kier alpha value is -2.47. The molecule has 158 valence electrons. The maximum atomic E-state index is 12.2. The van der Waals surface area contributed by atoms with Gasteiger partial charge in [-0.2, -0.15) is 0 Å². The summed E-state index contributed by atoms with van der Waals surface area (Å²) in [5.74, 6) is 2.06. The summed E-state index contributed by atoms with van der Waals surface area (Å²) in [6.45, 7) is 3.51. The van der Waals surface area contributed by atoms with Crippen LogP contribution in [0.3, 0.4) is 0 Å². The molecule has 3 rings (SSSR count). The normalized spacial score (nSPS) is 18.8. The molecule has 0 spiro atoms. The van der Waals surface area contributed by atoms with Gasteiger partial charge in [0.1, 0.15) is 6.61 Å². The molecule has 2 aromatic rings. The number of rotatable bonds is 8. The van der Waals surface area contributed by atoms with Crippen LogP contribution in [0.2, 0.25) is 0 Å². The summed E-state index contributed by atoms with van der Waals surface area (Å²) < 4.78 is 13.2. The van der Waals surface area contributed by atoms with E-state index in [1.54, 1.807) is 31.8 Å². The second-order valence-corrected chi connectivity index (χ2v) is 7.36. The summed E-state index contributed by atoms with van der Waals surface area (Å²) >= 11 is 0. The Kier molecular flexibility index (Phi) is 9.06. The topological polar surface area (TPSA) is 65.4 Å². The third-order valence-corrected chi connectivity index (χ3v) is 5.14. The van der Waals surface area contributed by atoms with E-state index in [4.69, 9.17) is 9.47 Å². The number of halogens is 1. The number of ether oxygens (including phenoxy) is 2. The Labute approximate surface area is 178 Å². The first-order valence-corrected chi connectivity index (χ1v) is 9.89. The number of amides is 1. The molecule has 1 heterocycles. The van der Waals surface area contributed by atoms with Crippen molar-refractivity contribution < 1.29 is 14.3 Å². The summed E-state index contributed by atoms with van der Waals surface area (Å²) in [5, 5.41) is 3.10. The van der Waals surface area contributed by atoms with Crippen molar-refractivity contribution >= 4 is 24.4 Å². The minimum atomic E-state index is -0.0424. The maximum Gasteiger partial charge on any atom is 0.244 e. The fourth-order valence-corrected chi connectivity index (χ4v) is 3.41. The third-order valence-electron chi connectivity index (χ3n) is 5.14. The predicted octanol–water partition coefficient (Wildman–Crippen LogP) is 4.10. The summed E-state index contributed by atoms with van der Waals surface area (Å²) in [4.78, 5) is 16.2. The molecule has 1 fully saturated rings. The number of hydrogen-bond donors (Lipinski definition) is 1. The SMILES string of the molecule is COc1cc(C=CC(=O)NC2CCC(C)CC2)ccc1OCCn1ccnc1.Cl. The lowest BCUT2D eigenvalue weighted by Crippen LogP contribution is -2.36. The number of aromatic nitrogens is 2. The van der Waals surface area contributed by atoms with E-state index in [-0.39, 0.29) is 18.3 Å². The number of imidazole rings is 1. The molecule has 6 nitrogen and oxygen atoms in total. The zero-order valence-electron chi connectivity index (χ0n) is 17.0. The van der Waals surface area contributed by atoms with Crippen molar-refractivity contribution in [3.63, 3.8) is 0 Å². The molecule has 1 aromatic heterocycles. The molecule has 1 aliphatic carbocycles. The predicted molar refractivity (Wildman–Crippen MR) is 117 cm³/mol. The number of methoxy groups -OCH3 is 1. The van der Waals surface area contributed by atoms with E-state index in [1.807, 2.05) is 29.0 Å². The van der Waals surface area contributed by atoms with E-state index >= 15 is 0 Å². The van der Waals surface area contributed by atoms with E-state index in [2.05, 4.69) is 17.2 Å². The lowest BCUT2D eigenvalue weighted by atomic mass is 9.87. The van der Waals surface area contributed by atoms with Crippen LogP contribution >= 0.6 is 12.4 Å². The monoisotopic (exact) mass is 419 g/mol. The van der Waals surface area contributed by atoms with Crippen LogP contribution in [0.25, 0.3) is 6.08 Å². The molecule has 0 aliphatic heterocycles. The van der Waals surface area contributed by atoms with Gasteiger partial charge in [0.2, 0.25) is 5.91 Å². The minimum Gasteiger partial charge on any atom is -0.493 e. The van der Waals surface area contributed by atoms with Crippen molar-refractivity contribution in [2.45, 2.75) is 45.2 Å². The van der Waals surface area contributed by atoms with Crippen LogP contribution in [0, 0.1) is 5.92 Å². The van der Waals surface area contributed by atoms with Gasteiger partial charge in [-0.05, 0) is 55.4 Å². The molecule has 0 atom stereocenters. The van der Waals surface area contributed by atoms with E-state index in [0.717, 1.165) is 24.3 Å². The smallest absolute Gasteiger partial charge is 0.244 e. The van der Waals surface area contributed by atoms with Gasteiger partial charge in [0, 0.05) is 24.5 Å². The van der Waals surface area contributed by atoms with E-state index < -0.39 is 0 Å². The van der Waals surface area contributed by atoms with Crippen molar-refractivity contribution in [3.8, 4) is 11.5 Å².